The van der Waals surface area contributed by atoms with Gasteiger partial charge in [0.05, 0.1) is 24.5 Å². The fourth-order valence-corrected chi connectivity index (χ4v) is 9.22. The lowest BCUT2D eigenvalue weighted by Crippen LogP contribution is -2.63. The molecule has 0 unspecified atom stereocenters. The molecule has 0 aromatic carbocycles. The summed E-state index contributed by atoms with van der Waals surface area (Å²) in [5.41, 5.74) is 4.07. The number of hydrogen-bond donors (Lipinski definition) is 5. The Kier molecular flexibility index (Phi) is 11.2. The molecule has 0 aromatic rings. The van der Waals surface area contributed by atoms with E-state index in [2.05, 4.69) is 38.0 Å². The SMILES string of the molecule is C=C[C@]1(C)C[C@@H](OC(=O)CSC(C)(C)CNC(=O)[C@H](NC(=O)CN)C(C)C)[C@]2(C)[C@H](C)CC[C@]3(CC[C@@H](O)[C@H]32)[C@@H](C)[C@@H]1O. The minimum atomic E-state index is -0.699. The van der Waals surface area contributed by atoms with E-state index in [9.17, 15) is 24.6 Å². The molecule has 0 saturated heterocycles. The number of aliphatic hydroxyl groups is 2. The second-order valence-electron chi connectivity index (χ2n) is 15.0. The number of nitrogens with one attached hydrogen (secondary N) is 2. The number of amides is 2. The van der Waals surface area contributed by atoms with Crippen LogP contribution in [0.3, 0.4) is 0 Å². The van der Waals surface area contributed by atoms with Gasteiger partial charge in [-0.25, -0.2) is 0 Å². The molecule has 0 aromatic heterocycles. The van der Waals surface area contributed by atoms with E-state index >= 15 is 0 Å². The molecule has 0 aliphatic heterocycles. The molecule has 0 spiro atoms. The number of rotatable bonds is 11. The number of carbonyl (C=O) groups excluding carboxylic acids is 3. The Labute approximate surface area is 262 Å². The zero-order valence-electron chi connectivity index (χ0n) is 27.6. The molecular weight excluding hydrogens is 566 g/mol. The van der Waals surface area contributed by atoms with Gasteiger partial charge in [-0.15, -0.1) is 18.3 Å². The van der Waals surface area contributed by atoms with Crippen LogP contribution in [0, 0.1) is 39.9 Å². The fourth-order valence-electron chi connectivity index (χ4n) is 8.47. The maximum absolute atomic E-state index is 13.5. The first-order valence-electron chi connectivity index (χ1n) is 16.0. The second kappa shape index (κ2) is 13.4. The Balaban J connectivity index is 1.76. The molecule has 2 bridgehead atoms. The molecular formula is C33H57N3O6S. The Hall–Kier alpha value is -1.62. The van der Waals surface area contributed by atoms with Crippen LogP contribution < -0.4 is 16.4 Å². The predicted octanol–water partition coefficient (Wildman–Crippen LogP) is 3.41. The Bertz CT molecular complexity index is 1050. The van der Waals surface area contributed by atoms with Crippen LogP contribution in [0.25, 0.3) is 0 Å². The minimum absolute atomic E-state index is 0.0217. The Morgan fingerprint density at radius 3 is 2.37 bits per heavy atom. The predicted molar refractivity (Wildman–Crippen MR) is 171 cm³/mol. The van der Waals surface area contributed by atoms with Crippen LogP contribution in [0.5, 0.6) is 0 Å². The highest BCUT2D eigenvalue weighted by atomic mass is 32.2. The monoisotopic (exact) mass is 623 g/mol. The highest BCUT2D eigenvalue weighted by Crippen LogP contribution is 2.69. The fraction of sp³-hybridized carbons (Fsp3) is 0.848. The number of thioether (sulfide) groups is 1. The molecule has 3 fully saturated rings. The number of aliphatic hydroxyl groups excluding tert-OH is 2. The van der Waals surface area contributed by atoms with Crippen LogP contribution in [0.15, 0.2) is 12.7 Å². The first-order valence-corrected chi connectivity index (χ1v) is 17.0. The minimum Gasteiger partial charge on any atom is -0.461 e. The maximum Gasteiger partial charge on any atom is 0.316 e. The van der Waals surface area contributed by atoms with Crippen LogP contribution in [-0.2, 0) is 19.1 Å². The van der Waals surface area contributed by atoms with Gasteiger partial charge < -0.3 is 31.3 Å². The zero-order chi connectivity index (χ0) is 32.5. The van der Waals surface area contributed by atoms with E-state index in [0.29, 0.717) is 19.4 Å². The van der Waals surface area contributed by atoms with Gasteiger partial charge in [0.15, 0.2) is 0 Å². The summed E-state index contributed by atoms with van der Waals surface area (Å²) in [4.78, 5) is 38.2. The molecule has 2 amide bonds. The summed E-state index contributed by atoms with van der Waals surface area (Å²) < 4.78 is 5.90. The molecule has 3 aliphatic carbocycles. The normalized spacial score (nSPS) is 38.3. The van der Waals surface area contributed by atoms with Gasteiger partial charge in [0.2, 0.25) is 11.8 Å². The zero-order valence-corrected chi connectivity index (χ0v) is 28.4. The number of esters is 1. The van der Waals surface area contributed by atoms with Crippen molar-refractivity contribution in [1.82, 2.24) is 10.6 Å². The summed E-state index contributed by atoms with van der Waals surface area (Å²) in [5.74, 6) is -0.941. The van der Waals surface area contributed by atoms with Crippen molar-refractivity contribution in [3.05, 3.63) is 12.7 Å². The summed E-state index contributed by atoms with van der Waals surface area (Å²) in [6.07, 6.45) is 4.04. The molecule has 246 valence electrons. The Morgan fingerprint density at radius 1 is 1.16 bits per heavy atom. The molecule has 43 heavy (non-hydrogen) atoms. The summed E-state index contributed by atoms with van der Waals surface area (Å²) in [7, 11) is 0. The standard InChI is InChI=1S/C33H57N3O6S/c1-10-31(8)15-23(32(9)20(4)11-13-33(21(5)28(31)40)14-12-22(37)27(32)33)42-25(39)17-43-30(6,7)18-35-29(41)26(19(2)3)36-24(38)16-34/h10,19-23,26-28,37,40H,1,11-18,34H2,2-9H3,(H,35,41)(H,36,38)/t20-,21+,22-,23-,26-,27+,28+,31-,32+,33+/m1/s1. The number of carbonyl (C=O) groups is 3. The molecule has 3 rings (SSSR count). The van der Waals surface area contributed by atoms with Gasteiger partial charge in [-0.2, -0.15) is 0 Å². The maximum atomic E-state index is 13.5. The van der Waals surface area contributed by atoms with Gasteiger partial charge >= 0.3 is 5.97 Å². The van der Waals surface area contributed by atoms with E-state index < -0.39 is 45.8 Å². The van der Waals surface area contributed by atoms with Crippen molar-refractivity contribution >= 4 is 29.5 Å². The van der Waals surface area contributed by atoms with E-state index in [0.717, 1.165) is 19.3 Å². The van der Waals surface area contributed by atoms with Crippen molar-refractivity contribution < 1.29 is 29.3 Å². The van der Waals surface area contributed by atoms with E-state index in [-0.39, 0.29) is 53.3 Å². The second-order valence-corrected chi connectivity index (χ2v) is 16.7. The van der Waals surface area contributed by atoms with Crippen molar-refractivity contribution in [3.63, 3.8) is 0 Å². The number of nitrogens with two attached hydrogens (primary N) is 1. The van der Waals surface area contributed by atoms with Crippen LogP contribution in [-0.4, -0.2) is 75.9 Å². The molecule has 3 saturated carbocycles. The van der Waals surface area contributed by atoms with Crippen molar-refractivity contribution in [2.45, 2.75) is 117 Å². The van der Waals surface area contributed by atoms with Gasteiger partial charge in [-0.3, -0.25) is 14.4 Å². The van der Waals surface area contributed by atoms with Crippen LogP contribution in [0.2, 0.25) is 0 Å². The summed E-state index contributed by atoms with van der Waals surface area (Å²) in [6.45, 7) is 20.3. The lowest BCUT2D eigenvalue weighted by Gasteiger charge is -2.63. The van der Waals surface area contributed by atoms with Crippen molar-refractivity contribution in [2.75, 3.05) is 18.8 Å². The van der Waals surface area contributed by atoms with Crippen molar-refractivity contribution in [3.8, 4) is 0 Å². The first-order chi connectivity index (χ1) is 19.9. The van der Waals surface area contributed by atoms with E-state index in [1.807, 2.05) is 40.7 Å². The number of ether oxygens (including phenoxy) is 1. The molecule has 9 nitrogen and oxygen atoms in total. The van der Waals surface area contributed by atoms with Gasteiger partial charge in [0.25, 0.3) is 0 Å². The van der Waals surface area contributed by atoms with Crippen molar-refractivity contribution in [1.29, 1.82) is 0 Å². The average Bonchev–Trinajstić information content (AvgIpc) is 3.31. The smallest absolute Gasteiger partial charge is 0.316 e. The molecule has 0 heterocycles. The topological polar surface area (TPSA) is 151 Å². The number of hydrogen-bond acceptors (Lipinski definition) is 8. The van der Waals surface area contributed by atoms with Gasteiger partial charge in [-0.1, -0.05) is 47.6 Å². The van der Waals surface area contributed by atoms with Crippen LogP contribution >= 0.6 is 11.8 Å². The highest BCUT2D eigenvalue weighted by Gasteiger charge is 2.68. The van der Waals surface area contributed by atoms with Gasteiger partial charge in [0.1, 0.15) is 12.1 Å². The summed E-state index contributed by atoms with van der Waals surface area (Å²) in [6, 6.07) is -0.699. The largest absolute Gasteiger partial charge is 0.461 e. The van der Waals surface area contributed by atoms with E-state index in [1.165, 1.54) is 11.8 Å². The lowest BCUT2D eigenvalue weighted by atomic mass is 9.43. The van der Waals surface area contributed by atoms with Crippen LogP contribution in [0.1, 0.15) is 87.5 Å². The molecule has 10 atom stereocenters. The lowest BCUT2D eigenvalue weighted by molar-refractivity contribution is -0.217. The first kappa shape index (κ1) is 35.9. The quantitative estimate of drug-likeness (QED) is 0.174. The molecule has 0 radical (unpaired) electrons. The highest BCUT2D eigenvalue weighted by molar-refractivity contribution is 8.01. The van der Waals surface area contributed by atoms with Crippen molar-refractivity contribution in [2.24, 2.45) is 45.7 Å². The third-order valence-electron chi connectivity index (χ3n) is 11.5. The third-order valence-corrected chi connectivity index (χ3v) is 12.8. The van der Waals surface area contributed by atoms with Gasteiger partial charge in [-0.05, 0) is 75.0 Å². The van der Waals surface area contributed by atoms with Crippen LogP contribution in [0.4, 0.5) is 0 Å². The molecule has 10 heteroatoms. The average molecular weight is 624 g/mol. The third kappa shape index (κ3) is 6.97. The molecule has 3 aliphatic rings. The molecule has 6 N–H and O–H groups in total. The van der Waals surface area contributed by atoms with Gasteiger partial charge in [0, 0.05) is 22.1 Å². The Morgan fingerprint density at radius 2 is 1.79 bits per heavy atom. The summed E-state index contributed by atoms with van der Waals surface area (Å²) in [5, 5.41) is 28.7. The summed E-state index contributed by atoms with van der Waals surface area (Å²) >= 11 is 1.40. The van der Waals surface area contributed by atoms with E-state index in [4.69, 9.17) is 10.5 Å². The van der Waals surface area contributed by atoms with E-state index in [1.54, 1.807) is 0 Å².